The summed E-state index contributed by atoms with van der Waals surface area (Å²) in [7, 11) is 3.15. The fourth-order valence-corrected chi connectivity index (χ4v) is 6.40. The van der Waals surface area contributed by atoms with Gasteiger partial charge in [-0.3, -0.25) is 4.79 Å². The van der Waals surface area contributed by atoms with Gasteiger partial charge in [-0.15, -0.1) is 0 Å². The van der Waals surface area contributed by atoms with Crippen LogP contribution in [0.1, 0.15) is 133 Å². The number of aromatic hydroxyl groups is 1. The zero-order valence-corrected chi connectivity index (χ0v) is 31.1. The lowest BCUT2D eigenvalue weighted by Crippen LogP contribution is -2.32. The number of ether oxygens (including phenoxy) is 4. The lowest BCUT2D eigenvalue weighted by molar-refractivity contribution is 0.0684. The largest absolute Gasteiger partial charge is 0.508 e. The summed E-state index contributed by atoms with van der Waals surface area (Å²) < 4.78 is 24.7. The van der Waals surface area contributed by atoms with E-state index in [0.717, 1.165) is 63.4 Å². The van der Waals surface area contributed by atoms with Crippen LogP contribution < -0.4 is 18.9 Å². The number of ketones is 1. The highest BCUT2D eigenvalue weighted by atomic mass is 16.5. The number of para-hydroxylation sites is 1. The van der Waals surface area contributed by atoms with Crippen molar-refractivity contribution in [3.8, 4) is 28.7 Å². The van der Waals surface area contributed by atoms with E-state index in [1.807, 2.05) is 44.2 Å². The van der Waals surface area contributed by atoms with E-state index < -0.39 is 17.4 Å². The maximum absolute atomic E-state index is 13.6. The van der Waals surface area contributed by atoms with Crippen LogP contribution in [-0.2, 0) is 0 Å². The normalized spacial score (nSPS) is 14.1. The summed E-state index contributed by atoms with van der Waals surface area (Å²) in [6, 6.07) is 18.0. The molecule has 7 nitrogen and oxygen atoms in total. The first-order chi connectivity index (χ1) is 23.5. The average molecular weight is 677 g/mol. The number of aliphatic hydroxyl groups is 1. The Bertz CT molecular complexity index is 1470. The molecule has 0 fully saturated rings. The molecule has 0 amide bonds. The number of methoxy groups -OCH3 is 2. The minimum atomic E-state index is -0.829. The number of unbranched alkanes of at least 4 members (excludes halogenated alkanes) is 5. The van der Waals surface area contributed by atoms with Crippen molar-refractivity contribution in [3.05, 3.63) is 77.4 Å². The zero-order chi connectivity index (χ0) is 36.0. The zero-order valence-electron chi connectivity index (χ0n) is 31.1. The number of hydrogen-bond donors (Lipinski definition) is 2. The number of carbonyl (C=O) groups excluding carboxylic acids is 1. The fourth-order valence-electron chi connectivity index (χ4n) is 6.40. The van der Waals surface area contributed by atoms with E-state index >= 15 is 0 Å². The Morgan fingerprint density at radius 3 is 2.02 bits per heavy atom. The van der Waals surface area contributed by atoms with Crippen LogP contribution in [0, 0.1) is 5.41 Å². The molecule has 49 heavy (non-hydrogen) atoms. The molecule has 0 aliphatic heterocycles. The molecular weight excluding hydrogens is 616 g/mol. The molecule has 0 heterocycles. The van der Waals surface area contributed by atoms with Gasteiger partial charge in [-0.05, 0) is 74.6 Å². The van der Waals surface area contributed by atoms with E-state index in [1.54, 1.807) is 37.4 Å². The van der Waals surface area contributed by atoms with Crippen LogP contribution in [0.15, 0.2) is 60.7 Å². The Morgan fingerprint density at radius 1 is 0.755 bits per heavy atom. The molecule has 0 radical (unpaired) electrons. The predicted octanol–water partition coefficient (Wildman–Crippen LogP) is 10.3. The molecule has 0 saturated heterocycles. The van der Waals surface area contributed by atoms with Crippen molar-refractivity contribution in [2.75, 3.05) is 20.8 Å². The van der Waals surface area contributed by atoms with Crippen LogP contribution in [0.5, 0.6) is 28.7 Å². The molecule has 270 valence electrons. The van der Waals surface area contributed by atoms with Gasteiger partial charge in [0.2, 0.25) is 0 Å². The lowest BCUT2D eigenvalue weighted by atomic mass is 9.79. The topological polar surface area (TPSA) is 94.5 Å². The average Bonchev–Trinajstić information content (AvgIpc) is 3.10. The van der Waals surface area contributed by atoms with Gasteiger partial charge in [-0.2, -0.15) is 0 Å². The number of aliphatic hydroxyl groups excluding tert-OH is 1. The van der Waals surface area contributed by atoms with E-state index in [-0.39, 0.29) is 23.7 Å². The molecule has 3 atom stereocenters. The van der Waals surface area contributed by atoms with Crippen LogP contribution in [0.25, 0.3) is 0 Å². The van der Waals surface area contributed by atoms with Gasteiger partial charge in [0.05, 0.1) is 26.7 Å². The lowest BCUT2D eigenvalue weighted by Gasteiger charge is -2.32. The van der Waals surface area contributed by atoms with Crippen molar-refractivity contribution >= 4 is 5.78 Å². The van der Waals surface area contributed by atoms with E-state index in [4.69, 9.17) is 18.9 Å². The quantitative estimate of drug-likeness (QED) is 0.0808. The van der Waals surface area contributed by atoms with E-state index in [2.05, 4.69) is 27.7 Å². The second kappa shape index (κ2) is 18.9. The molecule has 3 aromatic carbocycles. The molecule has 2 N–H and O–H groups in total. The third kappa shape index (κ3) is 10.6. The highest BCUT2D eigenvalue weighted by molar-refractivity contribution is 6.00. The number of hydrogen-bond acceptors (Lipinski definition) is 7. The Hall–Kier alpha value is -3.71. The van der Waals surface area contributed by atoms with Crippen LogP contribution in [0.2, 0.25) is 0 Å². The molecule has 0 spiro atoms. The number of rotatable bonds is 22. The third-order valence-electron chi connectivity index (χ3n) is 9.76. The fraction of sp³-hybridized carbons (Fsp3) is 0.548. The minimum absolute atomic E-state index is 0.0542. The first-order valence-electron chi connectivity index (χ1n) is 18.1. The highest BCUT2D eigenvalue weighted by Gasteiger charge is 2.33. The number of benzene rings is 3. The Morgan fingerprint density at radius 2 is 1.39 bits per heavy atom. The number of carbonyl (C=O) groups is 1. The van der Waals surface area contributed by atoms with E-state index in [0.29, 0.717) is 34.1 Å². The van der Waals surface area contributed by atoms with Gasteiger partial charge < -0.3 is 29.2 Å². The maximum atomic E-state index is 13.6. The van der Waals surface area contributed by atoms with Crippen molar-refractivity contribution in [2.45, 2.75) is 123 Å². The standard InChI is InChI=1S/C42H60O7/c1-9-12-14-18-25-41(4,5)40(45)31-22-23-34(36(28-31)46-7)48-38(29-43)39(32-19-15-16-20-33(32)44)30-21-24-35(37(27-30)47-8)49-42(6,11-3)26-17-13-10-2/h15-16,19-24,27-28,38-39,43-44H,9-14,17-18,25-26,29H2,1-8H3. The molecule has 0 bridgehead atoms. The number of Topliss-reactive ketones (excluding diaryl/α,β-unsaturated/α-hetero) is 1. The van der Waals surface area contributed by atoms with Gasteiger partial charge in [0.25, 0.3) is 0 Å². The third-order valence-corrected chi connectivity index (χ3v) is 9.76. The second-order valence-electron chi connectivity index (χ2n) is 14.0. The number of phenols is 1. The van der Waals surface area contributed by atoms with Crippen molar-refractivity contribution in [1.82, 2.24) is 0 Å². The van der Waals surface area contributed by atoms with Crippen LogP contribution in [0.3, 0.4) is 0 Å². The van der Waals surface area contributed by atoms with Crippen LogP contribution in [0.4, 0.5) is 0 Å². The molecule has 3 unspecified atom stereocenters. The predicted molar refractivity (Wildman–Crippen MR) is 198 cm³/mol. The maximum Gasteiger partial charge on any atom is 0.168 e. The molecule has 0 aliphatic rings. The summed E-state index contributed by atoms with van der Waals surface area (Å²) in [4.78, 5) is 13.6. The summed E-state index contributed by atoms with van der Waals surface area (Å²) >= 11 is 0. The van der Waals surface area contributed by atoms with E-state index in [1.165, 1.54) is 13.5 Å². The second-order valence-corrected chi connectivity index (χ2v) is 14.0. The van der Waals surface area contributed by atoms with Gasteiger partial charge >= 0.3 is 0 Å². The van der Waals surface area contributed by atoms with Crippen LogP contribution >= 0.6 is 0 Å². The summed E-state index contributed by atoms with van der Waals surface area (Å²) in [5.74, 6) is 1.52. The molecule has 3 aromatic rings. The molecule has 3 rings (SSSR count). The van der Waals surface area contributed by atoms with Gasteiger partial charge in [-0.1, -0.05) is 97.4 Å². The Kier molecular flexibility index (Phi) is 15.3. The summed E-state index contributed by atoms with van der Waals surface area (Å²) in [5, 5.41) is 21.8. The summed E-state index contributed by atoms with van der Waals surface area (Å²) in [5.41, 5.74) is 1.06. The minimum Gasteiger partial charge on any atom is -0.508 e. The molecule has 0 saturated carbocycles. The first-order valence-corrected chi connectivity index (χ1v) is 18.1. The molecular formula is C42H60O7. The van der Waals surface area contributed by atoms with Gasteiger partial charge in [-0.25, -0.2) is 0 Å². The van der Waals surface area contributed by atoms with Gasteiger partial charge in [0.1, 0.15) is 17.5 Å². The van der Waals surface area contributed by atoms with Gasteiger partial charge in [0.15, 0.2) is 28.8 Å². The van der Waals surface area contributed by atoms with E-state index in [9.17, 15) is 15.0 Å². The molecule has 7 heteroatoms. The van der Waals surface area contributed by atoms with Crippen molar-refractivity contribution in [2.24, 2.45) is 5.41 Å². The van der Waals surface area contributed by atoms with Crippen LogP contribution in [-0.4, -0.2) is 48.5 Å². The Labute approximate surface area is 295 Å². The van der Waals surface area contributed by atoms with Crippen molar-refractivity contribution in [1.29, 1.82) is 0 Å². The SMILES string of the molecule is CCCCCCC(C)(C)C(=O)c1ccc(OC(CO)C(c2ccc(OC(C)(CC)CCCCC)c(OC)c2)c2ccccc2O)c(OC)c1. The monoisotopic (exact) mass is 676 g/mol. The first kappa shape index (κ1) is 39.7. The van der Waals surface area contributed by atoms with Crippen molar-refractivity contribution < 1.29 is 34.0 Å². The Balaban J connectivity index is 1.98. The van der Waals surface area contributed by atoms with Crippen molar-refractivity contribution in [3.63, 3.8) is 0 Å². The highest BCUT2D eigenvalue weighted by Crippen LogP contribution is 2.42. The molecule has 0 aromatic heterocycles. The number of phenolic OH excluding ortho intramolecular Hbond substituents is 1. The molecule has 0 aliphatic carbocycles. The summed E-state index contributed by atoms with van der Waals surface area (Å²) in [6.07, 6.45) is 9.59. The summed E-state index contributed by atoms with van der Waals surface area (Å²) in [6.45, 7) is 12.3. The van der Waals surface area contributed by atoms with Gasteiger partial charge in [0, 0.05) is 16.5 Å². The smallest absolute Gasteiger partial charge is 0.168 e.